The number of ether oxygens (including phenoxy) is 1. The summed E-state index contributed by atoms with van der Waals surface area (Å²) in [6.07, 6.45) is 5.03. The number of anilines is 1. The van der Waals surface area contributed by atoms with Crippen molar-refractivity contribution in [1.82, 2.24) is 14.7 Å². The van der Waals surface area contributed by atoms with Gasteiger partial charge in [-0.25, -0.2) is 13.5 Å². The van der Waals surface area contributed by atoms with E-state index < -0.39 is 11.6 Å². The molecule has 1 unspecified atom stereocenters. The first-order chi connectivity index (χ1) is 15.5. The second-order valence-electron chi connectivity index (χ2n) is 8.66. The highest BCUT2D eigenvalue weighted by Crippen LogP contribution is 2.31. The maximum Gasteiger partial charge on any atom is 0.287 e. The first-order valence-corrected chi connectivity index (χ1v) is 11.6. The Morgan fingerprint density at radius 2 is 1.97 bits per heavy atom. The van der Waals surface area contributed by atoms with Crippen molar-refractivity contribution in [3.05, 3.63) is 57.0 Å². The normalized spacial score (nSPS) is 21.4. The van der Waals surface area contributed by atoms with Crippen LogP contribution < -0.4 is 10.9 Å². The zero-order valence-electron chi connectivity index (χ0n) is 18.2. The Labute approximate surface area is 191 Å². The van der Waals surface area contributed by atoms with E-state index in [1.54, 1.807) is 13.1 Å². The summed E-state index contributed by atoms with van der Waals surface area (Å²) in [7, 11) is 0. The predicted octanol–water partition coefficient (Wildman–Crippen LogP) is 4.41. The third kappa shape index (κ3) is 4.97. The molecule has 6 nitrogen and oxygen atoms in total. The maximum absolute atomic E-state index is 14.2. The van der Waals surface area contributed by atoms with Crippen LogP contribution in [0.25, 0.3) is 0 Å². The molecule has 2 fully saturated rings. The first kappa shape index (κ1) is 23.1. The van der Waals surface area contributed by atoms with E-state index in [0.717, 1.165) is 19.4 Å². The Morgan fingerprint density at radius 1 is 1.25 bits per heavy atom. The van der Waals surface area contributed by atoms with Crippen LogP contribution in [-0.4, -0.2) is 47.5 Å². The number of rotatable bonds is 6. The molecule has 0 spiro atoms. The molecule has 0 aliphatic carbocycles. The van der Waals surface area contributed by atoms with E-state index in [-0.39, 0.29) is 28.2 Å². The minimum atomic E-state index is -0.535. The van der Waals surface area contributed by atoms with Gasteiger partial charge in [0, 0.05) is 37.8 Å². The van der Waals surface area contributed by atoms with Crippen LogP contribution in [-0.2, 0) is 4.74 Å². The monoisotopic (exact) mass is 466 g/mol. The Bertz CT molecular complexity index is 968. The number of nitrogens with zero attached hydrogens (tertiary/aromatic N) is 3. The minimum Gasteiger partial charge on any atom is -0.382 e. The van der Waals surface area contributed by atoms with Crippen LogP contribution in [0.4, 0.5) is 14.5 Å². The lowest BCUT2D eigenvalue weighted by Crippen LogP contribution is -2.40. The van der Waals surface area contributed by atoms with Crippen molar-refractivity contribution in [3.63, 3.8) is 0 Å². The van der Waals surface area contributed by atoms with Crippen molar-refractivity contribution >= 4 is 17.3 Å². The number of aromatic nitrogens is 2. The van der Waals surface area contributed by atoms with Gasteiger partial charge in [-0.2, -0.15) is 5.10 Å². The molecule has 1 aromatic carbocycles. The fourth-order valence-electron chi connectivity index (χ4n) is 4.66. The SMILES string of the molecule is CC(c1c(F)cccc1F)N1CCC(n2ncc(NC[C@H]3CCCOC3)c(Cl)c2=O)CC1. The number of nitrogens with one attached hydrogen (secondary N) is 1. The molecular formula is C23H29ClF2N4O2. The maximum atomic E-state index is 14.2. The number of piperidine rings is 1. The zero-order valence-corrected chi connectivity index (χ0v) is 19.0. The molecule has 0 amide bonds. The quantitative estimate of drug-likeness (QED) is 0.683. The molecule has 2 saturated heterocycles. The van der Waals surface area contributed by atoms with E-state index in [9.17, 15) is 13.6 Å². The lowest BCUT2D eigenvalue weighted by molar-refractivity contribution is 0.0595. The van der Waals surface area contributed by atoms with Crippen LogP contribution >= 0.6 is 11.6 Å². The van der Waals surface area contributed by atoms with E-state index in [1.165, 1.54) is 22.9 Å². The summed E-state index contributed by atoms with van der Waals surface area (Å²) in [5.74, 6) is -0.674. The minimum absolute atomic E-state index is 0.0862. The van der Waals surface area contributed by atoms with E-state index in [1.807, 2.05) is 4.90 Å². The first-order valence-electron chi connectivity index (χ1n) is 11.2. The standard InChI is InChI=1S/C23H29ClF2N4O2/c1-15(21-18(25)5-2-6-19(21)26)29-9-7-17(8-10-29)30-23(31)22(24)20(13-28-30)27-12-16-4-3-11-32-14-16/h2,5-6,13,15-17,27H,3-4,7-12,14H2,1H3/t15?,16-/m1/s1. The van der Waals surface area contributed by atoms with Gasteiger partial charge in [0.15, 0.2) is 0 Å². The van der Waals surface area contributed by atoms with Gasteiger partial charge in [0.2, 0.25) is 0 Å². The van der Waals surface area contributed by atoms with Crippen LogP contribution in [0.2, 0.25) is 5.02 Å². The molecule has 2 aliphatic heterocycles. The summed E-state index contributed by atoms with van der Waals surface area (Å²) < 4.78 is 35.3. The molecule has 9 heteroatoms. The number of halogens is 3. The summed E-state index contributed by atoms with van der Waals surface area (Å²) in [6, 6.07) is 3.44. The third-order valence-electron chi connectivity index (χ3n) is 6.59. The second-order valence-corrected chi connectivity index (χ2v) is 9.04. The summed E-state index contributed by atoms with van der Waals surface area (Å²) >= 11 is 6.37. The molecule has 2 aliphatic rings. The molecule has 0 bridgehead atoms. The molecule has 32 heavy (non-hydrogen) atoms. The van der Waals surface area contributed by atoms with Crippen LogP contribution in [0.1, 0.15) is 50.3 Å². The summed E-state index contributed by atoms with van der Waals surface area (Å²) in [6.45, 7) is 5.22. The average Bonchev–Trinajstić information content (AvgIpc) is 2.81. The Hall–Kier alpha value is -2.03. The van der Waals surface area contributed by atoms with Crippen molar-refractivity contribution in [2.75, 3.05) is 38.2 Å². The number of hydrogen-bond donors (Lipinski definition) is 1. The van der Waals surface area contributed by atoms with Crippen molar-refractivity contribution in [1.29, 1.82) is 0 Å². The van der Waals surface area contributed by atoms with E-state index in [2.05, 4.69) is 10.4 Å². The van der Waals surface area contributed by atoms with Crippen LogP contribution in [0.15, 0.2) is 29.2 Å². The molecule has 1 N–H and O–H groups in total. The summed E-state index contributed by atoms with van der Waals surface area (Å²) in [5, 5.41) is 7.75. The highest BCUT2D eigenvalue weighted by molar-refractivity contribution is 6.32. The lowest BCUT2D eigenvalue weighted by Gasteiger charge is -2.36. The van der Waals surface area contributed by atoms with Gasteiger partial charge >= 0.3 is 0 Å². The highest BCUT2D eigenvalue weighted by atomic mass is 35.5. The van der Waals surface area contributed by atoms with Gasteiger partial charge in [-0.1, -0.05) is 17.7 Å². The highest BCUT2D eigenvalue weighted by Gasteiger charge is 2.29. The third-order valence-corrected chi connectivity index (χ3v) is 6.95. The molecule has 0 saturated carbocycles. The molecule has 2 atom stereocenters. The molecule has 2 aromatic rings. The molecule has 4 rings (SSSR count). The zero-order chi connectivity index (χ0) is 22.7. The van der Waals surface area contributed by atoms with Gasteiger partial charge in [0.25, 0.3) is 5.56 Å². The van der Waals surface area contributed by atoms with E-state index in [0.29, 0.717) is 50.7 Å². The van der Waals surface area contributed by atoms with E-state index >= 15 is 0 Å². The molecule has 0 radical (unpaired) electrons. The lowest BCUT2D eigenvalue weighted by atomic mass is 9.99. The number of hydrogen-bond acceptors (Lipinski definition) is 5. The van der Waals surface area contributed by atoms with Gasteiger partial charge in [-0.05, 0) is 50.7 Å². The van der Waals surface area contributed by atoms with Crippen molar-refractivity contribution < 1.29 is 13.5 Å². The molecule has 1 aromatic heterocycles. The van der Waals surface area contributed by atoms with Crippen molar-refractivity contribution in [2.45, 2.75) is 44.7 Å². The van der Waals surface area contributed by atoms with Gasteiger partial charge in [0.1, 0.15) is 16.7 Å². The van der Waals surface area contributed by atoms with Gasteiger partial charge in [0.05, 0.1) is 24.5 Å². The predicted molar refractivity (Wildman–Crippen MR) is 120 cm³/mol. The topological polar surface area (TPSA) is 59.4 Å². The Kier molecular flexibility index (Phi) is 7.43. The van der Waals surface area contributed by atoms with Crippen molar-refractivity contribution in [2.24, 2.45) is 5.92 Å². The summed E-state index contributed by atoms with van der Waals surface area (Å²) in [4.78, 5) is 14.9. The van der Waals surface area contributed by atoms with Crippen LogP contribution in [0, 0.1) is 17.6 Å². The number of benzene rings is 1. The van der Waals surface area contributed by atoms with Crippen molar-refractivity contribution in [3.8, 4) is 0 Å². The molecule has 174 valence electrons. The van der Waals surface area contributed by atoms with Crippen LogP contribution in [0.3, 0.4) is 0 Å². The Morgan fingerprint density at radius 3 is 2.62 bits per heavy atom. The van der Waals surface area contributed by atoms with E-state index in [4.69, 9.17) is 16.3 Å². The second kappa shape index (κ2) is 10.3. The van der Waals surface area contributed by atoms with Crippen LogP contribution in [0.5, 0.6) is 0 Å². The fourth-order valence-corrected chi connectivity index (χ4v) is 4.86. The van der Waals surface area contributed by atoms with Gasteiger partial charge in [-0.15, -0.1) is 0 Å². The average molecular weight is 467 g/mol. The molecule has 3 heterocycles. The largest absolute Gasteiger partial charge is 0.382 e. The number of likely N-dealkylation sites (tertiary alicyclic amines) is 1. The summed E-state index contributed by atoms with van der Waals surface area (Å²) in [5.41, 5.74) is 0.311. The smallest absolute Gasteiger partial charge is 0.287 e. The van der Waals surface area contributed by atoms with Gasteiger partial charge in [-0.3, -0.25) is 9.69 Å². The molecular weight excluding hydrogens is 438 g/mol. The Balaban J connectivity index is 1.39. The fraction of sp³-hybridized carbons (Fsp3) is 0.565. The van der Waals surface area contributed by atoms with Gasteiger partial charge < -0.3 is 10.1 Å².